The normalized spacial score (nSPS) is 23.5. The highest BCUT2D eigenvalue weighted by Crippen LogP contribution is 2.29. The Morgan fingerprint density at radius 1 is 1.40 bits per heavy atom. The highest BCUT2D eigenvalue weighted by atomic mass is 32.1. The molecule has 2 aromatic rings. The molecule has 5 heteroatoms. The Morgan fingerprint density at radius 3 is 3.00 bits per heavy atom. The number of thiazole rings is 1. The molecule has 0 saturated heterocycles. The third-order valence-corrected chi connectivity index (χ3v) is 5.32. The lowest BCUT2D eigenvalue weighted by Gasteiger charge is -2.30. The van der Waals surface area contributed by atoms with E-state index in [2.05, 4.69) is 33.2 Å². The summed E-state index contributed by atoms with van der Waals surface area (Å²) in [7, 11) is 0. The van der Waals surface area contributed by atoms with E-state index in [1.54, 1.807) is 11.3 Å². The summed E-state index contributed by atoms with van der Waals surface area (Å²) in [5.41, 5.74) is 2.38. The van der Waals surface area contributed by atoms with Gasteiger partial charge in [0.05, 0.1) is 11.4 Å². The zero-order chi connectivity index (χ0) is 13.9. The van der Waals surface area contributed by atoms with Gasteiger partial charge in [-0.3, -0.25) is 4.40 Å². The minimum Gasteiger partial charge on any atom is -0.396 e. The molecular weight excluding hydrogens is 270 g/mol. The van der Waals surface area contributed by atoms with Crippen LogP contribution in [0.2, 0.25) is 0 Å². The molecule has 2 N–H and O–H groups in total. The molecule has 0 radical (unpaired) electrons. The van der Waals surface area contributed by atoms with Gasteiger partial charge in [-0.05, 0) is 38.1 Å². The van der Waals surface area contributed by atoms with E-state index in [1.165, 1.54) is 31.4 Å². The molecule has 0 bridgehead atoms. The lowest BCUT2D eigenvalue weighted by atomic mass is 9.79. The van der Waals surface area contributed by atoms with Crippen LogP contribution in [0.5, 0.6) is 0 Å². The predicted molar refractivity (Wildman–Crippen MR) is 82.0 cm³/mol. The summed E-state index contributed by atoms with van der Waals surface area (Å²) in [6, 6.07) is 0. The van der Waals surface area contributed by atoms with E-state index in [1.807, 2.05) is 0 Å². The number of aliphatic hydroxyl groups excluding tert-OH is 1. The Labute approximate surface area is 123 Å². The highest BCUT2D eigenvalue weighted by Gasteiger charge is 2.24. The van der Waals surface area contributed by atoms with Gasteiger partial charge in [0.2, 0.25) is 0 Å². The van der Waals surface area contributed by atoms with Crippen molar-refractivity contribution >= 4 is 16.3 Å². The van der Waals surface area contributed by atoms with E-state index in [-0.39, 0.29) is 0 Å². The fourth-order valence-corrected chi connectivity index (χ4v) is 4.10. The summed E-state index contributed by atoms with van der Waals surface area (Å²) in [6.45, 7) is 4.28. The standard InChI is InChI=1S/C15H23N3OS/c1-11-14(18-6-7-20-15(18)17-11)9-16-8-12-4-2-3-5-13(12)10-19/h6-7,12-13,16,19H,2-5,8-10H2,1H3. The van der Waals surface area contributed by atoms with Crippen LogP contribution in [0.25, 0.3) is 4.96 Å². The van der Waals surface area contributed by atoms with Gasteiger partial charge in [-0.2, -0.15) is 0 Å². The predicted octanol–water partition coefficient (Wildman–Crippen LogP) is 2.59. The van der Waals surface area contributed by atoms with Crippen molar-refractivity contribution in [1.29, 1.82) is 0 Å². The number of rotatable bonds is 5. The Hall–Kier alpha value is -0.910. The maximum Gasteiger partial charge on any atom is 0.194 e. The van der Waals surface area contributed by atoms with E-state index < -0.39 is 0 Å². The van der Waals surface area contributed by atoms with Crippen LogP contribution in [-0.2, 0) is 6.54 Å². The van der Waals surface area contributed by atoms with Crippen LogP contribution in [0.3, 0.4) is 0 Å². The molecule has 1 fully saturated rings. The maximum absolute atomic E-state index is 9.46. The Balaban J connectivity index is 1.59. The van der Waals surface area contributed by atoms with Crippen LogP contribution in [0.15, 0.2) is 11.6 Å². The van der Waals surface area contributed by atoms with Crippen LogP contribution >= 0.6 is 11.3 Å². The van der Waals surface area contributed by atoms with Gasteiger partial charge >= 0.3 is 0 Å². The molecule has 0 aliphatic heterocycles. The van der Waals surface area contributed by atoms with E-state index in [9.17, 15) is 5.11 Å². The molecule has 2 heterocycles. The summed E-state index contributed by atoms with van der Waals surface area (Å²) >= 11 is 1.68. The van der Waals surface area contributed by atoms with Crippen molar-refractivity contribution in [3.63, 3.8) is 0 Å². The van der Waals surface area contributed by atoms with Gasteiger partial charge in [-0.1, -0.05) is 12.8 Å². The number of imidazole rings is 1. The molecule has 4 nitrogen and oxygen atoms in total. The van der Waals surface area contributed by atoms with Crippen molar-refractivity contribution < 1.29 is 5.11 Å². The second-order valence-electron chi connectivity index (χ2n) is 5.82. The van der Waals surface area contributed by atoms with Crippen LogP contribution in [0, 0.1) is 18.8 Å². The van der Waals surface area contributed by atoms with Crippen LogP contribution in [0.1, 0.15) is 37.1 Å². The quantitative estimate of drug-likeness (QED) is 0.891. The van der Waals surface area contributed by atoms with E-state index in [4.69, 9.17) is 0 Å². The average molecular weight is 293 g/mol. The number of hydrogen-bond donors (Lipinski definition) is 2. The molecule has 20 heavy (non-hydrogen) atoms. The van der Waals surface area contributed by atoms with Gasteiger partial charge in [0.1, 0.15) is 0 Å². The molecule has 110 valence electrons. The molecule has 3 rings (SSSR count). The van der Waals surface area contributed by atoms with Crippen LogP contribution in [0.4, 0.5) is 0 Å². The first-order chi connectivity index (χ1) is 9.79. The first-order valence-electron chi connectivity index (χ1n) is 7.52. The Kier molecular flexibility index (Phi) is 4.38. The Morgan fingerprint density at radius 2 is 2.20 bits per heavy atom. The van der Waals surface area contributed by atoms with Crippen LogP contribution in [-0.4, -0.2) is 27.6 Å². The number of aliphatic hydroxyl groups is 1. The number of nitrogens with one attached hydrogen (secondary N) is 1. The minimum absolute atomic E-state index is 0.340. The van der Waals surface area contributed by atoms with Gasteiger partial charge in [-0.15, -0.1) is 11.3 Å². The zero-order valence-corrected chi connectivity index (χ0v) is 12.8. The monoisotopic (exact) mass is 293 g/mol. The largest absolute Gasteiger partial charge is 0.396 e. The van der Waals surface area contributed by atoms with Crippen molar-refractivity contribution in [2.75, 3.05) is 13.2 Å². The number of nitrogens with zero attached hydrogens (tertiary/aromatic N) is 2. The van der Waals surface area contributed by atoms with Crippen molar-refractivity contribution in [3.8, 4) is 0 Å². The summed E-state index contributed by atoms with van der Waals surface area (Å²) in [4.78, 5) is 5.65. The molecule has 0 spiro atoms. The topological polar surface area (TPSA) is 49.6 Å². The average Bonchev–Trinajstić information content (AvgIpc) is 3.02. The van der Waals surface area contributed by atoms with E-state index in [0.717, 1.165) is 23.7 Å². The highest BCUT2D eigenvalue weighted by molar-refractivity contribution is 7.15. The van der Waals surface area contributed by atoms with Gasteiger partial charge in [0, 0.05) is 24.7 Å². The van der Waals surface area contributed by atoms with E-state index in [0.29, 0.717) is 18.4 Å². The minimum atomic E-state index is 0.340. The number of hydrogen-bond acceptors (Lipinski definition) is 4. The van der Waals surface area contributed by atoms with Crippen LogP contribution < -0.4 is 5.32 Å². The van der Waals surface area contributed by atoms with E-state index >= 15 is 0 Å². The first-order valence-corrected chi connectivity index (χ1v) is 8.40. The van der Waals surface area contributed by atoms with Gasteiger partial charge in [0.25, 0.3) is 0 Å². The van der Waals surface area contributed by atoms with Crippen molar-refractivity contribution in [2.45, 2.75) is 39.2 Å². The Bertz CT molecular complexity index is 562. The molecule has 1 saturated carbocycles. The summed E-state index contributed by atoms with van der Waals surface area (Å²) in [5, 5.41) is 15.1. The molecule has 2 unspecified atom stereocenters. The zero-order valence-electron chi connectivity index (χ0n) is 12.0. The molecular formula is C15H23N3OS. The smallest absolute Gasteiger partial charge is 0.194 e. The third kappa shape index (κ3) is 2.75. The summed E-state index contributed by atoms with van der Waals surface area (Å²) in [5.74, 6) is 1.11. The lowest BCUT2D eigenvalue weighted by Crippen LogP contribution is -2.32. The second kappa shape index (κ2) is 6.24. The van der Waals surface area contributed by atoms with Crippen molar-refractivity contribution in [1.82, 2.24) is 14.7 Å². The molecule has 2 atom stereocenters. The first kappa shape index (κ1) is 14.0. The molecule has 2 aromatic heterocycles. The molecule has 1 aliphatic carbocycles. The van der Waals surface area contributed by atoms with Gasteiger partial charge in [0.15, 0.2) is 4.96 Å². The summed E-state index contributed by atoms with van der Waals surface area (Å²) < 4.78 is 2.18. The van der Waals surface area contributed by atoms with Gasteiger partial charge < -0.3 is 10.4 Å². The number of aromatic nitrogens is 2. The fourth-order valence-electron chi connectivity index (χ4n) is 3.32. The molecule has 0 amide bonds. The lowest BCUT2D eigenvalue weighted by molar-refractivity contribution is 0.133. The second-order valence-corrected chi connectivity index (χ2v) is 6.69. The fraction of sp³-hybridized carbons (Fsp3) is 0.667. The molecule has 0 aromatic carbocycles. The maximum atomic E-state index is 9.46. The summed E-state index contributed by atoms with van der Waals surface area (Å²) in [6.07, 6.45) is 7.11. The van der Waals surface area contributed by atoms with Gasteiger partial charge in [-0.25, -0.2) is 4.98 Å². The third-order valence-electron chi connectivity index (χ3n) is 4.56. The number of fused-ring (bicyclic) bond motifs is 1. The van der Waals surface area contributed by atoms with Crippen molar-refractivity contribution in [3.05, 3.63) is 23.0 Å². The van der Waals surface area contributed by atoms with Crippen molar-refractivity contribution in [2.24, 2.45) is 11.8 Å². The SMILES string of the molecule is Cc1nc2sccn2c1CNCC1CCCCC1CO. The number of aryl methyl sites for hydroxylation is 1. The molecule has 1 aliphatic rings.